The van der Waals surface area contributed by atoms with Crippen molar-refractivity contribution in [3.05, 3.63) is 70.7 Å². The summed E-state index contributed by atoms with van der Waals surface area (Å²) in [6.07, 6.45) is 4.33. The number of phenolic OH excluding ortho intramolecular Hbond substituents is 1. The number of anilines is 1. The van der Waals surface area contributed by atoms with Gasteiger partial charge in [-0.3, -0.25) is 4.79 Å². The molecule has 3 N–H and O–H groups in total. The minimum Gasteiger partial charge on any atom is -0.507 e. The van der Waals surface area contributed by atoms with Crippen LogP contribution in [0.5, 0.6) is 5.75 Å². The first kappa shape index (κ1) is 19.7. The summed E-state index contributed by atoms with van der Waals surface area (Å²) in [6.45, 7) is 5.59. The van der Waals surface area contributed by atoms with Crippen molar-refractivity contribution in [3.63, 3.8) is 0 Å². The lowest BCUT2D eigenvalue weighted by atomic mass is 10.1. The lowest BCUT2D eigenvalue weighted by Gasteiger charge is -2.16. The summed E-state index contributed by atoms with van der Waals surface area (Å²) in [5, 5.41) is 17.3. The number of nitrogens with one attached hydrogen (secondary N) is 2. The van der Waals surface area contributed by atoms with E-state index in [4.69, 9.17) is 0 Å². The Morgan fingerprint density at radius 1 is 1.31 bits per heavy atom. The fourth-order valence-electron chi connectivity index (χ4n) is 2.38. The molecule has 0 aliphatic rings. The molecule has 0 spiro atoms. The Kier molecular flexibility index (Phi) is 7.41. The summed E-state index contributed by atoms with van der Waals surface area (Å²) in [7, 11) is 0. The Morgan fingerprint density at radius 2 is 2.04 bits per heavy atom. The van der Waals surface area contributed by atoms with Crippen molar-refractivity contribution in [2.75, 3.05) is 5.32 Å². The summed E-state index contributed by atoms with van der Waals surface area (Å²) in [6, 6.07) is 12.6. The quantitative estimate of drug-likeness (QED) is 0.343. The van der Waals surface area contributed by atoms with E-state index in [-0.39, 0.29) is 11.7 Å². The molecule has 0 fully saturated rings. The van der Waals surface area contributed by atoms with Gasteiger partial charge < -0.3 is 10.4 Å². The number of phenols is 1. The van der Waals surface area contributed by atoms with Gasteiger partial charge in [0.1, 0.15) is 11.8 Å². The topological polar surface area (TPSA) is 73.7 Å². The van der Waals surface area contributed by atoms with Crippen LogP contribution in [0.2, 0.25) is 0 Å². The summed E-state index contributed by atoms with van der Waals surface area (Å²) in [5.41, 5.74) is 4.68. The Morgan fingerprint density at radius 3 is 2.69 bits per heavy atom. The zero-order valence-corrected chi connectivity index (χ0v) is 16.2. The minimum atomic E-state index is -0.408. The zero-order valence-electron chi connectivity index (χ0n) is 14.6. The van der Waals surface area contributed by atoms with Crippen LogP contribution < -0.4 is 10.7 Å². The Labute approximate surface area is 162 Å². The number of hydrogen-bond acceptors (Lipinski definition) is 4. The molecule has 0 heterocycles. The first-order chi connectivity index (χ1) is 12.5. The van der Waals surface area contributed by atoms with Crippen LogP contribution in [0.25, 0.3) is 0 Å². The van der Waals surface area contributed by atoms with Crippen molar-refractivity contribution < 1.29 is 9.90 Å². The normalized spacial score (nSPS) is 11.9. The summed E-state index contributed by atoms with van der Waals surface area (Å²) < 4.78 is 0.976. The maximum atomic E-state index is 12.3. The minimum absolute atomic E-state index is 0.144. The van der Waals surface area contributed by atoms with Crippen molar-refractivity contribution in [1.29, 1.82) is 0 Å². The second-order valence-corrected chi connectivity index (χ2v) is 6.61. The second-order valence-electron chi connectivity index (χ2n) is 5.69. The van der Waals surface area contributed by atoms with Crippen LogP contribution in [0, 0.1) is 0 Å². The number of rotatable bonds is 8. The number of carbonyl (C=O) groups is 1. The fourth-order valence-corrected chi connectivity index (χ4v) is 2.64. The Hall–Kier alpha value is -2.60. The van der Waals surface area contributed by atoms with Crippen LogP contribution in [0.4, 0.5) is 5.69 Å². The zero-order chi connectivity index (χ0) is 18.9. The fraction of sp³-hybridized carbons (Fsp3) is 0.200. The van der Waals surface area contributed by atoms with Gasteiger partial charge in [-0.2, -0.15) is 5.10 Å². The molecule has 1 atom stereocenters. The maximum Gasteiger partial charge on any atom is 0.262 e. The molecule has 136 valence electrons. The van der Waals surface area contributed by atoms with E-state index >= 15 is 0 Å². The van der Waals surface area contributed by atoms with E-state index in [2.05, 4.69) is 38.4 Å². The van der Waals surface area contributed by atoms with Gasteiger partial charge in [-0.1, -0.05) is 41.1 Å². The number of hydrogen-bond donors (Lipinski definition) is 3. The highest BCUT2D eigenvalue weighted by molar-refractivity contribution is 9.10. The van der Waals surface area contributed by atoms with E-state index < -0.39 is 6.04 Å². The van der Waals surface area contributed by atoms with Gasteiger partial charge >= 0.3 is 0 Å². The predicted molar refractivity (Wildman–Crippen MR) is 110 cm³/mol. The highest BCUT2D eigenvalue weighted by Gasteiger charge is 2.15. The van der Waals surface area contributed by atoms with Gasteiger partial charge in [0, 0.05) is 15.7 Å². The van der Waals surface area contributed by atoms with Crippen LogP contribution in [-0.4, -0.2) is 23.3 Å². The average Bonchev–Trinajstić information content (AvgIpc) is 2.64. The summed E-state index contributed by atoms with van der Waals surface area (Å²) in [4.78, 5) is 12.3. The average molecular weight is 416 g/mol. The number of benzene rings is 2. The van der Waals surface area contributed by atoms with Gasteiger partial charge in [0.15, 0.2) is 0 Å². The Balaban J connectivity index is 1.99. The third-order valence-electron chi connectivity index (χ3n) is 3.80. The molecular weight excluding hydrogens is 394 g/mol. The van der Waals surface area contributed by atoms with Gasteiger partial charge in [0.25, 0.3) is 5.91 Å². The molecule has 6 heteroatoms. The number of para-hydroxylation sites is 1. The molecule has 1 unspecified atom stereocenters. The molecule has 2 rings (SSSR count). The number of aromatic hydroxyl groups is 1. The van der Waals surface area contributed by atoms with Gasteiger partial charge in [-0.25, -0.2) is 5.43 Å². The highest BCUT2D eigenvalue weighted by Crippen LogP contribution is 2.21. The molecule has 0 bridgehead atoms. The summed E-state index contributed by atoms with van der Waals surface area (Å²) >= 11 is 3.38. The summed E-state index contributed by atoms with van der Waals surface area (Å²) in [5.74, 6) is -0.0983. The van der Waals surface area contributed by atoms with Gasteiger partial charge in [0.2, 0.25) is 0 Å². The van der Waals surface area contributed by atoms with Crippen LogP contribution in [-0.2, 0) is 11.2 Å². The molecule has 0 aliphatic carbocycles. The van der Waals surface area contributed by atoms with E-state index in [1.165, 1.54) is 6.21 Å². The molecule has 26 heavy (non-hydrogen) atoms. The molecule has 0 aliphatic heterocycles. The van der Waals surface area contributed by atoms with E-state index in [0.717, 1.165) is 15.7 Å². The van der Waals surface area contributed by atoms with E-state index in [1.54, 1.807) is 12.1 Å². The van der Waals surface area contributed by atoms with Crippen LogP contribution in [0.15, 0.2) is 64.7 Å². The van der Waals surface area contributed by atoms with Crippen LogP contribution >= 0.6 is 15.9 Å². The molecule has 2 aromatic rings. The number of nitrogens with zero attached hydrogens (tertiary/aromatic N) is 1. The van der Waals surface area contributed by atoms with Gasteiger partial charge in [-0.15, -0.1) is 6.58 Å². The van der Waals surface area contributed by atoms with Crippen molar-refractivity contribution >= 4 is 33.7 Å². The molecule has 0 saturated heterocycles. The molecule has 5 nitrogen and oxygen atoms in total. The monoisotopic (exact) mass is 415 g/mol. The number of amides is 1. The van der Waals surface area contributed by atoms with Gasteiger partial charge in [0.05, 0.1) is 6.21 Å². The largest absolute Gasteiger partial charge is 0.507 e. The van der Waals surface area contributed by atoms with Crippen molar-refractivity contribution in [2.24, 2.45) is 5.10 Å². The molecule has 0 radical (unpaired) electrons. The highest BCUT2D eigenvalue weighted by atomic mass is 79.9. The smallest absolute Gasteiger partial charge is 0.262 e. The Bertz CT molecular complexity index is 788. The second kappa shape index (κ2) is 9.77. The van der Waals surface area contributed by atoms with E-state index in [1.807, 2.05) is 43.3 Å². The lowest BCUT2D eigenvalue weighted by Crippen LogP contribution is -2.36. The SMILES string of the molecule is C=CCc1cccc(/C=N/NC(=O)C(CC)Nc2ccc(Br)cc2)c1O. The van der Waals surface area contributed by atoms with Gasteiger partial charge in [-0.05, 0) is 48.7 Å². The van der Waals surface area contributed by atoms with Crippen molar-refractivity contribution in [3.8, 4) is 5.75 Å². The molecule has 2 aromatic carbocycles. The third kappa shape index (κ3) is 5.46. The van der Waals surface area contributed by atoms with Crippen LogP contribution in [0.1, 0.15) is 24.5 Å². The number of hydrazone groups is 1. The lowest BCUT2D eigenvalue weighted by molar-refractivity contribution is -0.121. The number of allylic oxidation sites excluding steroid dienone is 1. The first-order valence-electron chi connectivity index (χ1n) is 8.32. The first-order valence-corrected chi connectivity index (χ1v) is 9.11. The van der Waals surface area contributed by atoms with Crippen LogP contribution in [0.3, 0.4) is 0 Å². The number of halogens is 1. The van der Waals surface area contributed by atoms with E-state index in [0.29, 0.717) is 18.4 Å². The number of carbonyl (C=O) groups excluding carboxylic acids is 1. The molecular formula is C20H22BrN3O2. The molecule has 1 amide bonds. The molecule has 0 saturated carbocycles. The molecule has 0 aromatic heterocycles. The third-order valence-corrected chi connectivity index (χ3v) is 4.33. The van der Waals surface area contributed by atoms with Crippen molar-refractivity contribution in [1.82, 2.24) is 5.43 Å². The van der Waals surface area contributed by atoms with E-state index in [9.17, 15) is 9.90 Å². The standard InChI is InChI=1S/C20H22BrN3O2/c1-3-6-14-7-5-8-15(19(14)25)13-22-24-20(26)18(4-2)23-17-11-9-16(21)10-12-17/h3,5,7-13,18,23,25H,1,4,6H2,2H3,(H,24,26)/b22-13+. The van der Waals surface area contributed by atoms with Crippen molar-refractivity contribution in [2.45, 2.75) is 25.8 Å². The maximum absolute atomic E-state index is 12.3. The predicted octanol–water partition coefficient (Wildman–Crippen LogP) is 4.22.